The number of carbonyl (C=O) groups excluding carboxylic acids is 3. The van der Waals surface area contributed by atoms with Gasteiger partial charge in [0.2, 0.25) is 5.91 Å². The molecule has 2 amide bonds. The van der Waals surface area contributed by atoms with Gasteiger partial charge in [-0.25, -0.2) is 14.6 Å². The van der Waals surface area contributed by atoms with Gasteiger partial charge in [0.25, 0.3) is 0 Å². The Bertz CT molecular complexity index is 1310. The number of ether oxygens (including phenoxy) is 2. The highest BCUT2D eigenvalue weighted by atomic mass is 16.5. The Morgan fingerprint density at radius 3 is 2.15 bits per heavy atom. The third kappa shape index (κ3) is 6.89. The van der Waals surface area contributed by atoms with Gasteiger partial charge in [-0.3, -0.25) is 4.79 Å². The predicted octanol–water partition coefficient (Wildman–Crippen LogP) is 4.35. The quantitative estimate of drug-likeness (QED) is 0.366. The summed E-state index contributed by atoms with van der Waals surface area (Å²) < 4.78 is 12.4. The molecule has 0 aliphatic heterocycles. The normalized spacial score (nSPS) is 14.0. The number of hydrogen-bond acceptors (Lipinski definition) is 6. The molecule has 0 unspecified atom stereocenters. The molecule has 40 heavy (non-hydrogen) atoms. The Balaban J connectivity index is 1.47. The number of fused-ring (bicyclic) bond motifs is 3. The van der Waals surface area contributed by atoms with Crippen molar-refractivity contribution in [3.63, 3.8) is 0 Å². The number of methoxy groups -OCH3 is 1. The van der Waals surface area contributed by atoms with Crippen LogP contribution in [0.25, 0.3) is 11.1 Å². The first-order valence-corrected chi connectivity index (χ1v) is 13.5. The largest absolute Gasteiger partial charge is 0.467 e. The number of imidazole rings is 1. The van der Waals surface area contributed by atoms with E-state index in [0.717, 1.165) is 27.9 Å². The summed E-state index contributed by atoms with van der Waals surface area (Å²) in [7, 11) is 3.10. The minimum atomic E-state index is -0.993. The van der Waals surface area contributed by atoms with E-state index in [1.165, 1.54) is 7.11 Å². The molecule has 3 aromatic rings. The number of benzene rings is 2. The van der Waals surface area contributed by atoms with E-state index in [4.69, 9.17) is 9.47 Å². The molecule has 1 aromatic heterocycles. The Labute approximate surface area is 235 Å². The van der Waals surface area contributed by atoms with E-state index in [-0.39, 0.29) is 24.4 Å². The Kier molecular flexibility index (Phi) is 8.92. The number of aromatic nitrogens is 2. The summed E-state index contributed by atoms with van der Waals surface area (Å²) in [5, 5.41) is 5.51. The summed E-state index contributed by atoms with van der Waals surface area (Å²) in [5.41, 5.74) is 5.16. The molecule has 0 bridgehead atoms. The van der Waals surface area contributed by atoms with E-state index in [1.807, 2.05) is 43.4 Å². The molecule has 212 valence electrons. The Morgan fingerprint density at radius 1 is 0.975 bits per heavy atom. The summed E-state index contributed by atoms with van der Waals surface area (Å²) in [6, 6.07) is 14.3. The zero-order valence-corrected chi connectivity index (χ0v) is 23.8. The third-order valence-corrected chi connectivity index (χ3v) is 7.27. The van der Waals surface area contributed by atoms with Crippen LogP contribution in [0.4, 0.5) is 4.79 Å². The minimum absolute atomic E-state index is 0.0371. The lowest BCUT2D eigenvalue weighted by Gasteiger charge is -2.25. The van der Waals surface area contributed by atoms with Crippen LogP contribution in [0.3, 0.4) is 0 Å². The van der Waals surface area contributed by atoms with Crippen LogP contribution >= 0.6 is 0 Å². The monoisotopic (exact) mass is 546 g/mol. The topological polar surface area (TPSA) is 112 Å². The van der Waals surface area contributed by atoms with Crippen molar-refractivity contribution in [3.8, 4) is 11.1 Å². The van der Waals surface area contributed by atoms with Crippen molar-refractivity contribution >= 4 is 18.0 Å². The molecule has 0 saturated heterocycles. The van der Waals surface area contributed by atoms with Gasteiger partial charge >= 0.3 is 12.1 Å². The summed E-state index contributed by atoms with van der Waals surface area (Å²) in [6.45, 7) is 6.31. The molecule has 2 N–H and O–H groups in total. The van der Waals surface area contributed by atoms with Crippen molar-refractivity contribution in [2.75, 3.05) is 13.7 Å². The number of alkyl carbamates (subject to hydrolysis) is 1. The van der Waals surface area contributed by atoms with Crippen LogP contribution in [0.15, 0.2) is 61.1 Å². The van der Waals surface area contributed by atoms with Crippen LogP contribution in [-0.4, -0.2) is 53.3 Å². The summed E-state index contributed by atoms with van der Waals surface area (Å²) in [4.78, 5) is 43.1. The number of amides is 2. The molecule has 0 fully saturated rings. The predicted molar refractivity (Wildman–Crippen MR) is 152 cm³/mol. The van der Waals surface area contributed by atoms with Crippen LogP contribution in [-0.2, 0) is 32.5 Å². The van der Waals surface area contributed by atoms with E-state index in [2.05, 4.69) is 48.5 Å². The fraction of sp³-hybridized carbons (Fsp3) is 0.419. The number of carbonyl (C=O) groups is 3. The van der Waals surface area contributed by atoms with E-state index in [0.29, 0.717) is 12.8 Å². The molecule has 1 aliphatic rings. The van der Waals surface area contributed by atoms with E-state index in [1.54, 1.807) is 17.1 Å². The van der Waals surface area contributed by atoms with E-state index in [9.17, 15) is 14.4 Å². The van der Waals surface area contributed by atoms with Crippen molar-refractivity contribution < 1.29 is 23.9 Å². The van der Waals surface area contributed by atoms with Gasteiger partial charge < -0.3 is 24.7 Å². The Morgan fingerprint density at radius 2 is 1.60 bits per heavy atom. The lowest BCUT2D eigenvalue weighted by molar-refractivity contribution is -0.145. The first kappa shape index (κ1) is 28.9. The number of rotatable bonds is 10. The lowest BCUT2D eigenvalue weighted by atomic mass is 9.88. The second-order valence-electron chi connectivity index (χ2n) is 11.4. The number of hydrogen-bond donors (Lipinski definition) is 2. The van der Waals surface area contributed by atoms with Gasteiger partial charge in [0.05, 0.1) is 13.4 Å². The SMILES string of the molecule is COC(=O)[C@H](CCC(C)(C)C)NC(=O)[C@H](Cc1cncn1C)NC(=O)OCC1c2ccccc2-c2ccccc21. The molecular formula is C31H38N4O5. The summed E-state index contributed by atoms with van der Waals surface area (Å²) in [5.74, 6) is -1.14. The highest BCUT2D eigenvalue weighted by molar-refractivity contribution is 5.90. The second-order valence-corrected chi connectivity index (χ2v) is 11.4. The second kappa shape index (κ2) is 12.4. The molecule has 0 saturated carbocycles. The highest BCUT2D eigenvalue weighted by Crippen LogP contribution is 2.44. The maximum Gasteiger partial charge on any atom is 0.407 e. The molecule has 9 nitrogen and oxygen atoms in total. The number of nitrogens with one attached hydrogen (secondary N) is 2. The molecule has 0 radical (unpaired) electrons. The van der Waals surface area contributed by atoms with Gasteiger partial charge in [-0.2, -0.15) is 0 Å². The maximum absolute atomic E-state index is 13.4. The average molecular weight is 547 g/mol. The van der Waals surface area contributed by atoms with Crippen LogP contribution < -0.4 is 10.6 Å². The molecule has 2 aromatic carbocycles. The Hall–Kier alpha value is -4.14. The molecule has 4 rings (SSSR count). The van der Waals surface area contributed by atoms with Gasteiger partial charge in [-0.1, -0.05) is 69.3 Å². The zero-order chi connectivity index (χ0) is 28.9. The first-order chi connectivity index (χ1) is 19.1. The number of aryl methyl sites for hydroxylation is 1. The molecule has 0 spiro atoms. The molecule has 1 aliphatic carbocycles. The highest BCUT2D eigenvalue weighted by Gasteiger charge is 2.32. The third-order valence-electron chi connectivity index (χ3n) is 7.27. The first-order valence-electron chi connectivity index (χ1n) is 13.5. The lowest BCUT2D eigenvalue weighted by Crippen LogP contribution is -2.53. The zero-order valence-electron chi connectivity index (χ0n) is 23.8. The van der Waals surface area contributed by atoms with Gasteiger partial charge in [0.15, 0.2) is 0 Å². The van der Waals surface area contributed by atoms with Crippen molar-refractivity contribution in [2.24, 2.45) is 12.5 Å². The summed E-state index contributed by atoms with van der Waals surface area (Å²) >= 11 is 0. The fourth-order valence-electron chi connectivity index (χ4n) is 5.02. The van der Waals surface area contributed by atoms with Crippen LogP contribution in [0.2, 0.25) is 0 Å². The number of esters is 1. The average Bonchev–Trinajstić information content (AvgIpc) is 3.48. The van der Waals surface area contributed by atoms with Gasteiger partial charge in [-0.05, 0) is 40.5 Å². The molecule has 1 heterocycles. The standard InChI is InChI=1S/C31H38N4O5/c1-31(2,3)15-14-26(29(37)39-5)33-28(36)27(16-20-17-32-19-35(20)4)34-30(38)40-18-25-23-12-8-6-10-21(23)22-11-7-9-13-24(22)25/h6-13,17,19,25-27H,14-16,18H2,1-5H3,(H,33,36)(H,34,38)/t26-,27-/m0/s1. The van der Waals surface area contributed by atoms with Crippen molar-refractivity contribution in [1.29, 1.82) is 0 Å². The van der Waals surface area contributed by atoms with Crippen molar-refractivity contribution in [1.82, 2.24) is 20.2 Å². The summed E-state index contributed by atoms with van der Waals surface area (Å²) in [6.07, 6.45) is 3.81. The van der Waals surface area contributed by atoms with E-state index < -0.39 is 30.1 Å². The smallest absolute Gasteiger partial charge is 0.407 e. The van der Waals surface area contributed by atoms with Crippen LogP contribution in [0.5, 0.6) is 0 Å². The van der Waals surface area contributed by atoms with Gasteiger partial charge in [0.1, 0.15) is 18.7 Å². The minimum Gasteiger partial charge on any atom is -0.467 e. The van der Waals surface area contributed by atoms with Gasteiger partial charge in [-0.15, -0.1) is 0 Å². The van der Waals surface area contributed by atoms with Gasteiger partial charge in [0, 0.05) is 31.3 Å². The maximum atomic E-state index is 13.4. The van der Waals surface area contributed by atoms with Crippen molar-refractivity contribution in [2.45, 2.75) is 58.0 Å². The molecular weight excluding hydrogens is 508 g/mol. The fourth-order valence-corrected chi connectivity index (χ4v) is 5.02. The number of nitrogens with zero attached hydrogens (tertiary/aromatic N) is 2. The van der Waals surface area contributed by atoms with Crippen LogP contribution in [0, 0.1) is 5.41 Å². The van der Waals surface area contributed by atoms with Crippen LogP contribution in [0.1, 0.15) is 56.4 Å². The molecule has 2 atom stereocenters. The van der Waals surface area contributed by atoms with Crippen molar-refractivity contribution in [3.05, 3.63) is 77.9 Å². The van der Waals surface area contributed by atoms with E-state index >= 15 is 0 Å². The molecule has 9 heteroatoms.